The molecule has 0 aliphatic carbocycles. The first-order valence-electron chi connectivity index (χ1n) is 5.21. The number of hydrogen-bond donors (Lipinski definition) is 2. The molecule has 2 N–H and O–H groups in total. The standard InChI is InChI=1S/C11H19NOS2/c1-3-9(8-14-2)12-7-10(13)11-5-4-6-15-11/h4-6,9-10,12-13H,3,7-8H2,1-2H3. The average Bonchev–Trinajstić information content (AvgIpc) is 2.77. The lowest BCUT2D eigenvalue weighted by molar-refractivity contribution is 0.174. The van der Waals surface area contributed by atoms with Crippen molar-refractivity contribution in [3.05, 3.63) is 22.4 Å². The lowest BCUT2D eigenvalue weighted by Gasteiger charge is -2.17. The molecule has 2 unspecified atom stereocenters. The molecule has 0 aromatic carbocycles. The highest BCUT2D eigenvalue weighted by Crippen LogP contribution is 2.18. The van der Waals surface area contributed by atoms with Crippen LogP contribution >= 0.6 is 23.1 Å². The Bertz CT molecular complexity index is 251. The van der Waals surface area contributed by atoms with Crippen LogP contribution in [-0.2, 0) is 0 Å². The highest BCUT2D eigenvalue weighted by atomic mass is 32.2. The molecule has 0 radical (unpaired) electrons. The Kier molecular flexibility index (Phi) is 6.32. The van der Waals surface area contributed by atoms with E-state index < -0.39 is 0 Å². The Balaban J connectivity index is 2.29. The number of aliphatic hydroxyl groups is 1. The molecule has 0 aliphatic rings. The third-order valence-corrected chi connectivity index (χ3v) is 4.04. The zero-order valence-corrected chi connectivity index (χ0v) is 10.9. The largest absolute Gasteiger partial charge is 0.386 e. The van der Waals surface area contributed by atoms with Crippen LogP contribution in [-0.4, -0.2) is 29.7 Å². The Morgan fingerprint density at radius 3 is 2.93 bits per heavy atom. The van der Waals surface area contributed by atoms with Crippen LogP contribution in [0, 0.1) is 0 Å². The zero-order valence-electron chi connectivity index (χ0n) is 9.27. The number of nitrogens with one attached hydrogen (secondary N) is 1. The fraction of sp³-hybridized carbons (Fsp3) is 0.636. The van der Waals surface area contributed by atoms with Crippen molar-refractivity contribution in [2.24, 2.45) is 0 Å². The van der Waals surface area contributed by atoms with Crippen molar-refractivity contribution in [2.75, 3.05) is 18.6 Å². The maximum Gasteiger partial charge on any atom is 0.101 e. The van der Waals surface area contributed by atoms with Crippen molar-refractivity contribution in [3.63, 3.8) is 0 Å². The first kappa shape index (κ1) is 13.0. The van der Waals surface area contributed by atoms with Crippen LogP contribution in [0.2, 0.25) is 0 Å². The van der Waals surface area contributed by atoms with Gasteiger partial charge >= 0.3 is 0 Å². The molecule has 0 spiro atoms. The second-order valence-corrected chi connectivity index (χ2v) is 5.39. The number of thioether (sulfide) groups is 1. The van der Waals surface area contributed by atoms with Gasteiger partial charge in [0.25, 0.3) is 0 Å². The molecular weight excluding hydrogens is 226 g/mol. The molecule has 0 saturated carbocycles. The van der Waals surface area contributed by atoms with Gasteiger partial charge in [-0.2, -0.15) is 11.8 Å². The molecule has 86 valence electrons. The van der Waals surface area contributed by atoms with Crippen LogP contribution in [0.1, 0.15) is 24.3 Å². The van der Waals surface area contributed by atoms with E-state index >= 15 is 0 Å². The van der Waals surface area contributed by atoms with Gasteiger partial charge in [-0.15, -0.1) is 11.3 Å². The van der Waals surface area contributed by atoms with Gasteiger partial charge in [-0.05, 0) is 24.1 Å². The van der Waals surface area contributed by atoms with Crippen molar-refractivity contribution < 1.29 is 5.11 Å². The van der Waals surface area contributed by atoms with Gasteiger partial charge in [0, 0.05) is 23.2 Å². The van der Waals surface area contributed by atoms with E-state index in [1.807, 2.05) is 29.3 Å². The molecule has 0 amide bonds. The molecule has 0 aliphatic heterocycles. The van der Waals surface area contributed by atoms with Crippen LogP contribution in [0.3, 0.4) is 0 Å². The number of thiophene rings is 1. The van der Waals surface area contributed by atoms with Gasteiger partial charge in [-0.25, -0.2) is 0 Å². The molecule has 0 saturated heterocycles. The molecule has 0 bridgehead atoms. The Hall–Kier alpha value is -0.0300. The van der Waals surface area contributed by atoms with E-state index in [4.69, 9.17) is 0 Å². The summed E-state index contributed by atoms with van der Waals surface area (Å²) in [6, 6.07) is 4.46. The van der Waals surface area contributed by atoms with E-state index in [0.717, 1.165) is 17.1 Å². The van der Waals surface area contributed by atoms with Crippen LogP contribution in [0.5, 0.6) is 0 Å². The Morgan fingerprint density at radius 1 is 1.60 bits per heavy atom. The molecule has 4 heteroatoms. The quantitative estimate of drug-likeness (QED) is 0.774. The molecule has 1 aromatic heterocycles. The van der Waals surface area contributed by atoms with Crippen LogP contribution in [0.15, 0.2) is 17.5 Å². The molecule has 15 heavy (non-hydrogen) atoms. The van der Waals surface area contributed by atoms with Gasteiger partial charge in [0.2, 0.25) is 0 Å². The fourth-order valence-electron chi connectivity index (χ4n) is 1.38. The third-order valence-electron chi connectivity index (χ3n) is 2.33. The Morgan fingerprint density at radius 2 is 2.40 bits per heavy atom. The molecular formula is C11H19NOS2. The molecule has 2 nitrogen and oxygen atoms in total. The maximum absolute atomic E-state index is 9.86. The van der Waals surface area contributed by atoms with Gasteiger partial charge in [0.15, 0.2) is 0 Å². The second-order valence-electron chi connectivity index (χ2n) is 3.50. The maximum atomic E-state index is 9.86. The average molecular weight is 245 g/mol. The summed E-state index contributed by atoms with van der Waals surface area (Å²) in [4.78, 5) is 1.04. The minimum absolute atomic E-state index is 0.360. The summed E-state index contributed by atoms with van der Waals surface area (Å²) >= 11 is 3.45. The van der Waals surface area contributed by atoms with E-state index in [0.29, 0.717) is 12.6 Å². The molecule has 0 fully saturated rings. The van der Waals surface area contributed by atoms with Crippen molar-refractivity contribution in [1.82, 2.24) is 5.32 Å². The van der Waals surface area contributed by atoms with Gasteiger partial charge in [-0.1, -0.05) is 13.0 Å². The summed E-state index contributed by atoms with van der Waals surface area (Å²) in [5, 5.41) is 15.3. The van der Waals surface area contributed by atoms with E-state index in [1.165, 1.54) is 0 Å². The number of hydrogen-bond acceptors (Lipinski definition) is 4. The zero-order chi connectivity index (χ0) is 11.1. The van der Waals surface area contributed by atoms with E-state index in [-0.39, 0.29) is 6.10 Å². The minimum Gasteiger partial charge on any atom is -0.386 e. The monoisotopic (exact) mass is 245 g/mol. The topological polar surface area (TPSA) is 32.3 Å². The van der Waals surface area contributed by atoms with Gasteiger partial charge in [-0.3, -0.25) is 0 Å². The summed E-state index contributed by atoms with van der Waals surface area (Å²) in [7, 11) is 0. The third kappa shape index (κ3) is 4.55. The Labute approximate surface area is 100 Å². The van der Waals surface area contributed by atoms with Crippen molar-refractivity contribution >= 4 is 23.1 Å². The van der Waals surface area contributed by atoms with Crippen LogP contribution < -0.4 is 5.32 Å². The normalized spacial score (nSPS) is 15.1. The highest BCUT2D eigenvalue weighted by molar-refractivity contribution is 7.98. The van der Waals surface area contributed by atoms with E-state index in [1.54, 1.807) is 11.3 Å². The van der Waals surface area contributed by atoms with Gasteiger partial charge in [0.05, 0.1) is 0 Å². The number of aliphatic hydroxyl groups excluding tert-OH is 1. The lowest BCUT2D eigenvalue weighted by atomic mass is 10.2. The molecule has 1 aromatic rings. The lowest BCUT2D eigenvalue weighted by Crippen LogP contribution is -2.33. The summed E-state index contributed by atoms with van der Waals surface area (Å²) in [6.45, 7) is 2.82. The summed E-state index contributed by atoms with van der Waals surface area (Å²) in [6.07, 6.45) is 2.86. The van der Waals surface area contributed by atoms with Crippen LogP contribution in [0.4, 0.5) is 0 Å². The van der Waals surface area contributed by atoms with E-state index in [2.05, 4.69) is 18.5 Å². The van der Waals surface area contributed by atoms with Gasteiger partial charge < -0.3 is 10.4 Å². The first-order valence-corrected chi connectivity index (χ1v) is 7.49. The SMILES string of the molecule is CCC(CSC)NCC(O)c1cccs1. The minimum atomic E-state index is -0.360. The van der Waals surface area contributed by atoms with E-state index in [9.17, 15) is 5.11 Å². The predicted octanol–water partition coefficient (Wildman–Crippen LogP) is 2.51. The number of rotatable bonds is 7. The predicted molar refractivity (Wildman–Crippen MR) is 69.7 cm³/mol. The summed E-state index contributed by atoms with van der Waals surface area (Å²) in [5.41, 5.74) is 0. The molecule has 2 atom stereocenters. The van der Waals surface area contributed by atoms with Crippen molar-refractivity contribution in [2.45, 2.75) is 25.5 Å². The van der Waals surface area contributed by atoms with Gasteiger partial charge in [0.1, 0.15) is 6.10 Å². The summed E-state index contributed by atoms with van der Waals surface area (Å²) < 4.78 is 0. The smallest absolute Gasteiger partial charge is 0.101 e. The van der Waals surface area contributed by atoms with Crippen molar-refractivity contribution in [1.29, 1.82) is 0 Å². The fourth-order valence-corrected chi connectivity index (χ4v) is 2.85. The highest BCUT2D eigenvalue weighted by Gasteiger charge is 2.11. The second kappa shape index (κ2) is 7.28. The van der Waals surface area contributed by atoms with Crippen molar-refractivity contribution in [3.8, 4) is 0 Å². The first-order chi connectivity index (χ1) is 7.27. The summed E-state index contributed by atoms with van der Waals surface area (Å²) in [5.74, 6) is 1.10. The molecule has 1 heterocycles. The molecule has 1 rings (SSSR count). The van der Waals surface area contributed by atoms with Crippen LogP contribution in [0.25, 0.3) is 0 Å².